The number of nitrogens with one attached hydrogen (secondary N) is 1. The summed E-state index contributed by atoms with van der Waals surface area (Å²) in [7, 11) is 0. The lowest BCUT2D eigenvalue weighted by molar-refractivity contribution is -0.123. The van der Waals surface area contributed by atoms with E-state index >= 15 is 0 Å². The number of nitrogens with zero attached hydrogens (tertiary/aromatic N) is 1. The largest absolute Gasteiger partial charge is 0.484 e. The Morgan fingerprint density at radius 1 is 1.04 bits per heavy atom. The average molecular weight is 381 g/mol. The highest BCUT2D eigenvalue weighted by Crippen LogP contribution is 2.25. The van der Waals surface area contributed by atoms with Gasteiger partial charge in [0, 0.05) is 6.54 Å². The molecular formula is C24H32N2O2. The Morgan fingerprint density at radius 3 is 2.29 bits per heavy atom. The number of hydrogen-bond acceptors (Lipinski definition) is 3. The number of likely N-dealkylation sites (tertiary alicyclic amines) is 1. The predicted molar refractivity (Wildman–Crippen MR) is 114 cm³/mol. The Hall–Kier alpha value is -2.33. The van der Waals surface area contributed by atoms with E-state index in [-0.39, 0.29) is 24.0 Å². The molecule has 1 amide bonds. The number of rotatable bonds is 7. The third-order valence-corrected chi connectivity index (χ3v) is 5.35. The monoisotopic (exact) mass is 380 g/mol. The Bertz CT molecular complexity index is 744. The summed E-state index contributed by atoms with van der Waals surface area (Å²) in [5, 5.41) is 3.06. The second kappa shape index (κ2) is 9.24. The van der Waals surface area contributed by atoms with Crippen LogP contribution in [0.5, 0.6) is 5.75 Å². The highest BCUT2D eigenvalue weighted by molar-refractivity contribution is 5.77. The number of carbonyl (C=O) groups is 1. The van der Waals surface area contributed by atoms with Crippen LogP contribution in [0.15, 0.2) is 54.6 Å². The SMILES string of the molecule is CC(C)(C)c1ccc(OCC(=O)NCC(c2ccccc2)N2CCCC2)cc1. The summed E-state index contributed by atoms with van der Waals surface area (Å²) in [4.78, 5) is 14.8. The molecular weight excluding hydrogens is 348 g/mol. The van der Waals surface area contributed by atoms with Gasteiger partial charge in [-0.3, -0.25) is 9.69 Å². The number of amides is 1. The van der Waals surface area contributed by atoms with Crippen molar-refractivity contribution in [3.8, 4) is 5.75 Å². The summed E-state index contributed by atoms with van der Waals surface area (Å²) < 4.78 is 5.67. The number of carbonyl (C=O) groups excluding carboxylic acids is 1. The summed E-state index contributed by atoms with van der Waals surface area (Å²) in [5.41, 5.74) is 2.61. The number of benzene rings is 2. The van der Waals surface area contributed by atoms with Crippen LogP contribution in [0.4, 0.5) is 0 Å². The normalized spacial score (nSPS) is 16.0. The molecule has 3 rings (SSSR count). The van der Waals surface area contributed by atoms with Gasteiger partial charge in [-0.15, -0.1) is 0 Å². The van der Waals surface area contributed by atoms with Gasteiger partial charge in [-0.05, 0) is 54.6 Å². The third-order valence-electron chi connectivity index (χ3n) is 5.35. The minimum absolute atomic E-state index is 0.0381. The first-order valence-electron chi connectivity index (χ1n) is 10.2. The molecule has 28 heavy (non-hydrogen) atoms. The smallest absolute Gasteiger partial charge is 0.258 e. The standard InChI is InChI=1S/C24H32N2O2/c1-24(2,3)20-11-13-21(14-12-20)28-18-23(27)25-17-22(26-15-7-8-16-26)19-9-5-4-6-10-19/h4-6,9-14,22H,7-8,15-18H2,1-3H3,(H,25,27). The zero-order chi connectivity index (χ0) is 20.0. The highest BCUT2D eigenvalue weighted by atomic mass is 16.5. The molecule has 0 aliphatic carbocycles. The maximum absolute atomic E-state index is 12.3. The van der Waals surface area contributed by atoms with Crippen molar-refractivity contribution in [2.75, 3.05) is 26.2 Å². The first-order chi connectivity index (χ1) is 13.4. The predicted octanol–water partition coefficient (Wildman–Crippen LogP) is 4.32. The van der Waals surface area contributed by atoms with Crippen molar-refractivity contribution in [1.29, 1.82) is 0 Å². The van der Waals surface area contributed by atoms with E-state index in [2.05, 4.69) is 67.4 Å². The van der Waals surface area contributed by atoms with E-state index in [9.17, 15) is 4.79 Å². The van der Waals surface area contributed by atoms with E-state index in [4.69, 9.17) is 4.74 Å². The van der Waals surface area contributed by atoms with Crippen molar-refractivity contribution in [3.63, 3.8) is 0 Å². The van der Waals surface area contributed by atoms with Crippen LogP contribution < -0.4 is 10.1 Å². The minimum atomic E-state index is -0.0833. The van der Waals surface area contributed by atoms with Gasteiger partial charge in [0.05, 0.1) is 6.04 Å². The van der Waals surface area contributed by atoms with E-state index in [1.807, 2.05) is 18.2 Å². The van der Waals surface area contributed by atoms with E-state index in [0.29, 0.717) is 6.54 Å². The van der Waals surface area contributed by atoms with Crippen LogP contribution >= 0.6 is 0 Å². The lowest BCUT2D eigenvalue weighted by Crippen LogP contribution is -2.38. The molecule has 1 aliphatic rings. The second-order valence-electron chi connectivity index (χ2n) is 8.54. The topological polar surface area (TPSA) is 41.6 Å². The minimum Gasteiger partial charge on any atom is -0.484 e. The molecule has 1 unspecified atom stereocenters. The first kappa shape index (κ1) is 20.4. The lowest BCUT2D eigenvalue weighted by atomic mass is 9.87. The maximum Gasteiger partial charge on any atom is 0.258 e. The van der Waals surface area contributed by atoms with Gasteiger partial charge in [0.15, 0.2) is 6.61 Å². The van der Waals surface area contributed by atoms with Gasteiger partial charge in [-0.1, -0.05) is 63.2 Å². The van der Waals surface area contributed by atoms with Gasteiger partial charge in [-0.25, -0.2) is 0 Å². The fourth-order valence-corrected chi connectivity index (χ4v) is 3.65. The number of hydrogen-bond donors (Lipinski definition) is 1. The van der Waals surface area contributed by atoms with Crippen molar-refractivity contribution in [3.05, 3.63) is 65.7 Å². The van der Waals surface area contributed by atoms with Crippen LogP contribution in [-0.4, -0.2) is 37.0 Å². The van der Waals surface area contributed by atoms with E-state index in [0.717, 1.165) is 18.8 Å². The van der Waals surface area contributed by atoms with Gasteiger partial charge in [-0.2, -0.15) is 0 Å². The van der Waals surface area contributed by atoms with Crippen molar-refractivity contribution in [2.24, 2.45) is 0 Å². The molecule has 2 aromatic rings. The van der Waals surface area contributed by atoms with E-state index < -0.39 is 0 Å². The van der Waals surface area contributed by atoms with Crippen molar-refractivity contribution in [1.82, 2.24) is 10.2 Å². The van der Waals surface area contributed by atoms with Crippen molar-refractivity contribution >= 4 is 5.91 Å². The van der Waals surface area contributed by atoms with E-state index in [1.54, 1.807) is 0 Å². The molecule has 4 heteroatoms. The van der Waals surface area contributed by atoms with Crippen LogP contribution in [0.1, 0.15) is 50.8 Å². The molecule has 1 atom stereocenters. The Labute approximate surface area is 168 Å². The Morgan fingerprint density at radius 2 is 1.68 bits per heavy atom. The molecule has 2 aromatic carbocycles. The molecule has 4 nitrogen and oxygen atoms in total. The molecule has 1 saturated heterocycles. The summed E-state index contributed by atoms with van der Waals surface area (Å²) >= 11 is 0. The quantitative estimate of drug-likeness (QED) is 0.778. The molecule has 0 aromatic heterocycles. The summed E-state index contributed by atoms with van der Waals surface area (Å²) in [6.07, 6.45) is 2.45. The van der Waals surface area contributed by atoms with Gasteiger partial charge >= 0.3 is 0 Å². The first-order valence-corrected chi connectivity index (χ1v) is 10.2. The number of ether oxygens (including phenoxy) is 1. The fourth-order valence-electron chi connectivity index (χ4n) is 3.65. The zero-order valence-corrected chi connectivity index (χ0v) is 17.3. The average Bonchev–Trinajstić information content (AvgIpc) is 3.21. The highest BCUT2D eigenvalue weighted by Gasteiger charge is 2.23. The molecule has 0 saturated carbocycles. The molecule has 0 bridgehead atoms. The van der Waals surface area contributed by atoms with Gasteiger partial charge in [0.2, 0.25) is 0 Å². The van der Waals surface area contributed by atoms with Crippen molar-refractivity contribution < 1.29 is 9.53 Å². The molecule has 0 radical (unpaired) electrons. The molecule has 1 heterocycles. The second-order valence-corrected chi connectivity index (χ2v) is 8.54. The molecule has 1 N–H and O–H groups in total. The van der Waals surface area contributed by atoms with Crippen LogP contribution in [0.3, 0.4) is 0 Å². The molecule has 150 valence electrons. The van der Waals surface area contributed by atoms with Crippen LogP contribution in [0.25, 0.3) is 0 Å². The summed E-state index contributed by atoms with van der Waals surface area (Å²) in [5.74, 6) is 0.641. The molecule has 0 spiro atoms. The van der Waals surface area contributed by atoms with Crippen LogP contribution in [0.2, 0.25) is 0 Å². The van der Waals surface area contributed by atoms with Gasteiger partial charge < -0.3 is 10.1 Å². The maximum atomic E-state index is 12.3. The lowest BCUT2D eigenvalue weighted by Gasteiger charge is -2.28. The molecule has 1 fully saturated rings. The van der Waals surface area contributed by atoms with Crippen molar-refractivity contribution in [2.45, 2.75) is 45.1 Å². The van der Waals surface area contributed by atoms with E-state index in [1.165, 1.54) is 24.0 Å². The molecule has 1 aliphatic heterocycles. The summed E-state index contributed by atoms with van der Waals surface area (Å²) in [6.45, 7) is 9.36. The van der Waals surface area contributed by atoms with Gasteiger partial charge in [0.25, 0.3) is 5.91 Å². The van der Waals surface area contributed by atoms with Crippen LogP contribution in [0, 0.1) is 0 Å². The zero-order valence-electron chi connectivity index (χ0n) is 17.3. The Kier molecular flexibility index (Phi) is 6.74. The summed E-state index contributed by atoms with van der Waals surface area (Å²) in [6, 6.07) is 18.6. The van der Waals surface area contributed by atoms with Crippen LogP contribution in [-0.2, 0) is 10.2 Å². The fraction of sp³-hybridized carbons (Fsp3) is 0.458. The Balaban J connectivity index is 1.52. The third kappa shape index (κ3) is 5.59. The van der Waals surface area contributed by atoms with Gasteiger partial charge in [0.1, 0.15) is 5.75 Å².